The van der Waals surface area contributed by atoms with E-state index in [9.17, 15) is 14.0 Å². The van der Waals surface area contributed by atoms with Crippen LogP contribution in [0, 0.1) is 5.82 Å². The molecule has 0 unspecified atom stereocenters. The van der Waals surface area contributed by atoms with Crippen LogP contribution in [0.15, 0.2) is 70.2 Å². The monoisotopic (exact) mass is 547 g/mol. The van der Waals surface area contributed by atoms with Crippen molar-refractivity contribution in [1.82, 2.24) is 5.43 Å². The maximum atomic E-state index is 13.9. The molecule has 2 amide bonds. The van der Waals surface area contributed by atoms with E-state index in [0.717, 1.165) is 0 Å². The maximum absolute atomic E-state index is 13.9. The van der Waals surface area contributed by atoms with Crippen LogP contribution < -0.4 is 20.2 Å². The van der Waals surface area contributed by atoms with Gasteiger partial charge in [-0.05, 0) is 70.9 Å². The van der Waals surface area contributed by atoms with Gasteiger partial charge in [0.2, 0.25) is 0 Å². The smallest absolute Gasteiger partial charge is 0.329 e. The Bertz CT molecular complexity index is 1210. The molecular formula is C24H20BrClFN3O4. The molecule has 3 aromatic carbocycles. The van der Waals surface area contributed by atoms with Gasteiger partial charge in [0, 0.05) is 16.3 Å². The molecule has 0 radical (unpaired) electrons. The topological polar surface area (TPSA) is 89.0 Å². The van der Waals surface area contributed by atoms with E-state index in [1.165, 1.54) is 12.3 Å². The predicted octanol–water partition coefficient (Wildman–Crippen LogP) is 5.31. The number of amides is 2. The number of hydrazone groups is 1. The third kappa shape index (κ3) is 7.03. The van der Waals surface area contributed by atoms with E-state index in [2.05, 4.69) is 31.8 Å². The molecule has 0 aliphatic rings. The summed E-state index contributed by atoms with van der Waals surface area (Å²) in [5.74, 6) is -1.39. The second-order valence-corrected chi connectivity index (χ2v) is 8.09. The van der Waals surface area contributed by atoms with Crippen LogP contribution in [0.25, 0.3) is 0 Å². The van der Waals surface area contributed by atoms with Gasteiger partial charge >= 0.3 is 11.8 Å². The van der Waals surface area contributed by atoms with Crippen molar-refractivity contribution in [1.29, 1.82) is 0 Å². The van der Waals surface area contributed by atoms with Gasteiger partial charge in [0.25, 0.3) is 0 Å². The van der Waals surface area contributed by atoms with Gasteiger partial charge < -0.3 is 14.8 Å². The van der Waals surface area contributed by atoms with Gasteiger partial charge in [-0.1, -0.05) is 29.8 Å². The second-order valence-electron chi connectivity index (χ2n) is 6.80. The van der Waals surface area contributed by atoms with Crippen LogP contribution >= 0.6 is 27.5 Å². The molecule has 7 nitrogen and oxygen atoms in total. The van der Waals surface area contributed by atoms with Crippen LogP contribution in [0.2, 0.25) is 5.02 Å². The molecule has 10 heteroatoms. The van der Waals surface area contributed by atoms with Crippen molar-refractivity contribution in [2.75, 3.05) is 11.9 Å². The maximum Gasteiger partial charge on any atom is 0.329 e. The number of carbonyl (C=O) groups excluding carboxylic acids is 2. The van der Waals surface area contributed by atoms with Gasteiger partial charge in [-0.3, -0.25) is 9.59 Å². The van der Waals surface area contributed by atoms with Gasteiger partial charge in [0.1, 0.15) is 12.4 Å². The first kappa shape index (κ1) is 25.2. The summed E-state index contributed by atoms with van der Waals surface area (Å²) in [5, 5.41) is 6.77. The minimum absolute atomic E-state index is 0.0115. The molecule has 0 aliphatic heterocycles. The molecule has 2 N–H and O–H groups in total. The first-order valence-electron chi connectivity index (χ1n) is 10.1. The summed E-state index contributed by atoms with van der Waals surface area (Å²) in [4.78, 5) is 24.0. The molecule has 0 aromatic heterocycles. The van der Waals surface area contributed by atoms with Crippen molar-refractivity contribution < 1.29 is 23.5 Å². The van der Waals surface area contributed by atoms with Gasteiger partial charge in [-0.2, -0.15) is 5.10 Å². The minimum atomic E-state index is -0.944. The number of ether oxygens (including phenoxy) is 2. The molecule has 0 heterocycles. The van der Waals surface area contributed by atoms with Gasteiger partial charge in [0.05, 0.1) is 17.3 Å². The Morgan fingerprint density at radius 2 is 1.82 bits per heavy atom. The van der Waals surface area contributed by atoms with Crippen LogP contribution in [0.5, 0.6) is 11.5 Å². The second kappa shape index (κ2) is 12.2. The van der Waals surface area contributed by atoms with E-state index in [0.29, 0.717) is 44.4 Å². The lowest BCUT2D eigenvalue weighted by atomic mass is 10.2. The number of rotatable bonds is 8. The Kier molecular flexibility index (Phi) is 9.00. The Balaban J connectivity index is 1.65. The highest BCUT2D eigenvalue weighted by atomic mass is 79.9. The van der Waals surface area contributed by atoms with Crippen molar-refractivity contribution in [3.63, 3.8) is 0 Å². The molecule has 0 aliphatic carbocycles. The number of hydrogen-bond acceptors (Lipinski definition) is 5. The van der Waals surface area contributed by atoms with E-state index in [-0.39, 0.29) is 12.4 Å². The highest BCUT2D eigenvalue weighted by molar-refractivity contribution is 9.10. The van der Waals surface area contributed by atoms with E-state index < -0.39 is 11.8 Å². The molecule has 176 valence electrons. The van der Waals surface area contributed by atoms with Gasteiger partial charge in [-0.15, -0.1) is 0 Å². The third-order valence-corrected chi connectivity index (χ3v) is 5.19. The van der Waals surface area contributed by atoms with Crippen LogP contribution in [0.1, 0.15) is 18.1 Å². The van der Waals surface area contributed by atoms with Crippen LogP contribution in [0.4, 0.5) is 10.1 Å². The van der Waals surface area contributed by atoms with Crippen molar-refractivity contribution in [2.24, 2.45) is 5.10 Å². The summed E-state index contributed by atoms with van der Waals surface area (Å²) in [7, 11) is 0. The number of anilines is 1. The molecule has 34 heavy (non-hydrogen) atoms. The van der Waals surface area contributed by atoms with Crippen molar-refractivity contribution in [3.8, 4) is 11.5 Å². The summed E-state index contributed by atoms with van der Waals surface area (Å²) in [6.45, 7) is 2.19. The number of hydrogen-bond donors (Lipinski definition) is 2. The standard InChI is InChI=1S/C24H20BrClFN3O4/c1-2-33-21-12-15(11-19(25)22(21)34-14-16-5-3-4-6-20(16)27)13-28-30-24(32)23(31)29-18-9-7-17(26)8-10-18/h3-13H,2,14H2,1H3,(H,29,31)(H,30,32). The van der Waals surface area contributed by atoms with E-state index >= 15 is 0 Å². The normalized spacial score (nSPS) is 10.7. The molecule has 3 rings (SSSR count). The van der Waals surface area contributed by atoms with Gasteiger partial charge in [0.15, 0.2) is 11.5 Å². The Morgan fingerprint density at radius 3 is 2.53 bits per heavy atom. The zero-order valence-electron chi connectivity index (χ0n) is 18.0. The van der Waals surface area contributed by atoms with Crippen molar-refractivity contribution >= 4 is 51.2 Å². The fraction of sp³-hybridized carbons (Fsp3) is 0.125. The summed E-state index contributed by atoms with van der Waals surface area (Å²) < 4.78 is 25.9. The van der Waals surface area contributed by atoms with Gasteiger partial charge in [-0.25, -0.2) is 9.82 Å². The summed E-state index contributed by atoms with van der Waals surface area (Å²) in [6, 6.07) is 16.0. The molecular weight excluding hydrogens is 529 g/mol. The van der Waals surface area contributed by atoms with E-state index in [4.69, 9.17) is 21.1 Å². The number of carbonyl (C=O) groups is 2. The molecule has 0 bridgehead atoms. The lowest BCUT2D eigenvalue weighted by Gasteiger charge is -2.15. The number of halogens is 3. The number of nitrogens with one attached hydrogen (secondary N) is 2. The lowest BCUT2D eigenvalue weighted by Crippen LogP contribution is -2.32. The minimum Gasteiger partial charge on any atom is -0.490 e. The summed E-state index contributed by atoms with van der Waals surface area (Å²) >= 11 is 9.22. The Labute approximate surface area is 209 Å². The largest absolute Gasteiger partial charge is 0.490 e. The van der Waals surface area contributed by atoms with Crippen molar-refractivity contribution in [3.05, 3.63) is 87.1 Å². The average molecular weight is 549 g/mol. The lowest BCUT2D eigenvalue weighted by molar-refractivity contribution is -0.136. The third-order valence-electron chi connectivity index (χ3n) is 4.35. The van der Waals surface area contributed by atoms with Crippen LogP contribution in [0.3, 0.4) is 0 Å². The Morgan fingerprint density at radius 1 is 1.09 bits per heavy atom. The summed E-state index contributed by atoms with van der Waals surface area (Å²) in [6.07, 6.45) is 1.35. The zero-order valence-corrected chi connectivity index (χ0v) is 20.3. The fourth-order valence-electron chi connectivity index (χ4n) is 2.77. The highest BCUT2D eigenvalue weighted by Crippen LogP contribution is 2.37. The Hall–Kier alpha value is -3.43. The molecule has 0 atom stereocenters. The predicted molar refractivity (Wildman–Crippen MR) is 132 cm³/mol. The first-order chi connectivity index (χ1) is 16.4. The summed E-state index contributed by atoms with van der Waals surface area (Å²) in [5.41, 5.74) is 3.55. The van der Waals surface area contributed by atoms with Crippen LogP contribution in [-0.4, -0.2) is 24.6 Å². The van der Waals surface area contributed by atoms with E-state index in [1.807, 2.05) is 6.92 Å². The van der Waals surface area contributed by atoms with E-state index in [1.54, 1.807) is 54.6 Å². The number of nitrogens with zero attached hydrogens (tertiary/aromatic N) is 1. The fourth-order valence-corrected chi connectivity index (χ4v) is 3.47. The molecule has 0 fully saturated rings. The molecule has 0 saturated carbocycles. The van der Waals surface area contributed by atoms with Crippen LogP contribution in [-0.2, 0) is 16.2 Å². The van der Waals surface area contributed by atoms with Crippen molar-refractivity contribution in [2.45, 2.75) is 13.5 Å². The zero-order chi connectivity index (χ0) is 24.5. The SMILES string of the molecule is CCOc1cc(C=NNC(=O)C(=O)Nc2ccc(Cl)cc2)cc(Br)c1OCc1ccccc1F. The molecule has 3 aromatic rings. The highest BCUT2D eigenvalue weighted by Gasteiger charge is 2.15. The average Bonchev–Trinajstić information content (AvgIpc) is 2.81. The number of benzene rings is 3. The molecule has 0 saturated heterocycles. The quantitative estimate of drug-likeness (QED) is 0.227. The molecule has 0 spiro atoms. The first-order valence-corrected chi connectivity index (χ1v) is 11.3.